The maximum atomic E-state index is 13.2. The van der Waals surface area contributed by atoms with Gasteiger partial charge in [-0.15, -0.1) is 0 Å². The summed E-state index contributed by atoms with van der Waals surface area (Å²) in [5, 5.41) is 13.4. The molecule has 1 saturated heterocycles. The van der Waals surface area contributed by atoms with Gasteiger partial charge in [0.2, 0.25) is 0 Å². The first-order valence-electron chi connectivity index (χ1n) is 11.9. The van der Waals surface area contributed by atoms with Crippen LogP contribution < -0.4 is 19.7 Å². The number of imide groups is 2. The highest BCUT2D eigenvalue weighted by molar-refractivity contribution is 6.39. The topological polar surface area (TPSA) is 122 Å². The van der Waals surface area contributed by atoms with E-state index in [2.05, 4.69) is 5.32 Å². The van der Waals surface area contributed by atoms with Crippen molar-refractivity contribution in [1.82, 2.24) is 5.32 Å². The molecule has 0 unspecified atom stereocenters. The number of hydrogen-bond donors (Lipinski definition) is 2. The molecular formula is C30H22N2O7. The highest BCUT2D eigenvalue weighted by Crippen LogP contribution is 2.31. The Morgan fingerprint density at radius 1 is 0.923 bits per heavy atom. The fourth-order valence-corrected chi connectivity index (χ4v) is 4.28. The van der Waals surface area contributed by atoms with Gasteiger partial charge >= 0.3 is 12.0 Å². The Morgan fingerprint density at radius 3 is 2.41 bits per heavy atom. The maximum absolute atomic E-state index is 13.2. The number of benzene rings is 4. The van der Waals surface area contributed by atoms with Crippen molar-refractivity contribution in [3.8, 4) is 11.5 Å². The van der Waals surface area contributed by atoms with E-state index in [9.17, 15) is 19.2 Å². The van der Waals surface area contributed by atoms with Gasteiger partial charge in [0.1, 0.15) is 12.2 Å². The van der Waals surface area contributed by atoms with Crippen LogP contribution in [0.15, 0.2) is 90.5 Å². The van der Waals surface area contributed by atoms with Gasteiger partial charge in [-0.05, 0) is 64.4 Å². The van der Waals surface area contributed by atoms with Crippen LogP contribution in [0.3, 0.4) is 0 Å². The van der Waals surface area contributed by atoms with Gasteiger partial charge in [0.15, 0.2) is 11.5 Å². The number of carbonyl (C=O) groups is 4. The second kappa shape index (κ2) is 10.5. The third-order valence-electron chi connectivity index (χ3n) is 6.24. The molecule has 0 bridgehead atoms. The van der Waals surface area contributed by atoms with Crippen molar-refractivity contribution in [2.24, 2.45) is 0 Å². The van der Waals surface area contributed by atoms with E-state index < -0.39 is 23.8 Å². The number of carboxylic acids is 1. The largest absolute Gasteiger partial charge is 0.493 e. The number of fused-ring (bicyclic) bond motifs is 1. The number of carboxylic acid groups (broad SMARTS) is 1. The zero-order valence-electron chi connectivity index (χ0n) is 20.7. The number of carbonyl (C=O) groups excluding carboxylic acids is 3. The molecule has 0 spiro atoms. The lowest BCUT2D eigenvalue weighted by Crippen LogP contribution is -2.54. The van der Waals surface area contributed by atoms with Crippen LogP contribution in [0.4, 0.5) is 10.5 Å². The minimum absolute atomic E-state index is 0.00897. The number of nitrogens with one attached hydrogen (secondary N) is 1. The average molecular weight is 523 g/mol. The number of ether oxygens (including phenoxy) is 2. The molecule has 0 aliphatic carbocycles. The minimum atomic E-state index is -1.15. The fourth-order valence-electron chi connectivity index (χ4n) is 4.28. The van der Waals surface area contributed by atoms with Gasteiger partial charge in [-0.1, -0.05) is 48.5 Å². The van der Waals surface area contributed by atoms with Crippen LogP contribution in [-0.2, 0) is 16.2 Å². The lowest BCUT2D eigenvalue weighted by atomic mass is 10.1. The van der Waals surface area contributed by atoms with Gasteiger partial charge in [-0.25, -0.2) is 14.5 Å². The molecule has 1 heterocycles. The summed E-state index contributed by atoms with van der Waals surface area (Å²) in [7, 11) is 1.48. The number of barbiturate groups is 1. The number of aromatic carboxylic acids is 1. The molecule has 9 heteroatoms. The molecule has 0 aromatic heterocycles. The number of anilines is 1. The summed E-state index contributed by atoms with van der Waals surface area (Å²) in [6, 6.07) is 23.2. The number of urea groups is 1. The Morgan fingerprint density at radius 2 is 1.67 bits per heavy atom. The summed E-state index contributed by atoms with van der Waals surface area (Å²) in [5.41, 5.74) is 1.31. The van der Waals surface area contributed by atoms with E-state index in [1.165, 1.54) is 37.5 Å². The standard InChI is InChI=1S/C30H22N2O7/c1-38-26-16-18(9-14-25(26)39-17-21-7-4-6-19-5-2-3-8-23(19)21)15-24-27(33)31-30(37)32(28(24)34)22-12-10-20(11-13-22)29(35)36/h2-16H,17H2,1H3,(H,35,36)(H,31,33,37)/b24-15+. The van der Waals surface area contributed by atoms with Crippen LogP contribution in [0.25, 0.3) is 16.8 Å². The third-order valence-corrected chi connectivity index (χ3v) is 6.24. The molecule has 0 radical (unpaired) electrons. The Kier molecular flexibility index (Phi) is 6.79. The fraction of sp³-hybridized carbons (Fsp3) is 0.0667. The number of methoxy groups -OCH3 is 1. The first-order valence-corrected chi connectivity index (χ1v) is 11.9. The average Bonchev–Trinajstić information content (AvgIpc) is 2.94. The highest BCUT2D eigenvalue weighted by atomic mass is 16.5. The first-order chi connectivity index (χ1) is 18.9. The van der Waals surface area contributed by atoms with Gasteiger partial charge < -0.3 is 14.6 Å². The second-order valence-corrected chi connectivity index (χ2v) is 8.65. The Labute approximate surface area is 222 Å². The molecule has 9 nitrogen and oxygen atoms in total. The Balaban J connectivity index is 1.39. The minimum Gasteiger partial charge on any atom is -0.493 e. The monoisotopic (exact) mass is 522 g/mol. The third kappa shape index (κ3) is 5.05. The summed E-state index contributed by atoms with van der Waals surface area (Å²) >= 11 is 0. The van der Waals surface area contributed by atoms with E-state index in [1.807, 2.05) is 42.5 Å². The Bertz CT molecular complexity index is 1650. The summed E-state index contributed by atoms with van der Waals surface area (Å²) in [6.07, 6.45) is 1.35. The lowest BCUT2D eigenvalue weighted by molar-refractivity contribution is -0.122. The zero-order valence-corrected chi connectivity index (χ0v) is 20.7. The molecule has 194 valence electrons. The number of rotatable bonds is 7. The van der Waals surface area contributed by atoms with E-state index >= 15 is 0 Å². The van der Waals surface area contributed by atoms with Crippen LogP contribution >= 0.6 is 0 Å². The summed E-state index contributed by atoms with van der Waals surface area (Å²) < 4.78 is 11.5. The van der Waals surface area contributed by atoms with Gasteiger partial charge in [0, 0.05) is 0 Å². The Hall–Kier alpha value is -5.44. The number of amides is 4. The van der Waals surface area contributed by atoms with Crippen molar-refractivity contribution in [3.63, 3.8) is 0 Å². The van der Waals surface area contributed by atoms with Crippen LogP contribution in [0.5, 0.6) is 11.5 Å². The van der Waals surface area contributed by atoms with Crippen molar-refractivity contribution >= 4 is 46.4 Å². The van der Waals surface area contributed by atoms with Gasteiger partial charge in [0.05, 0.1) is 18.4 Å². The van der Waals surface area contributed by atoms with Crippen molar-refractivity contribution in [2.75, 3.05) is 12.0 Å². The molecule has 2 N–H and O–H groups in total. The van der Waals surface area contributed by atoms with Gasteiger partial charge in [-0.3, -0.25) is 14.9 Å². The van der Waals surface area contributed by atoms with Crippen LogP contribution in [0.2, 0.25) is 0 Å². The lowest BCUT2D eigenvalue weighted by Gasteiger charge is -2.26. The quantitative estimate of drug-likeness (QED) is 0.264. The van der Waals surface area contributed by atoms with Gasteiger partial charge in [-0.2, -0.15) is 0 Å². The SMILES string of the molecule is COc1cc(/C=C2\C(=O)NC(=O)N(c3ccc(C(=O)O)cc3)C2=O)ccc1OCc1cccc2ccccc12. The molecule has 1 aliphatic heterocycles. The predicted molar refractivity (Wildman–Crippen MR) is 144 cm³/mol. The van der Waals surface area contributed by atoms with Crippen LogP contribution in [-0.4, -0.2) is 36.0 Å². The van der Waals surface area contributed by atoms with Crippen molar-refractivity contribution in [3.05, 3.63) is 107 Å². The summed E-state index contributed by atoms with van der Waals surface area (Å²) in [4.78, 5) is 50.0. The highest BCUT2D eigenvalue weighted by Gasteiger charge is 2.36. The number of hydrogen-bond acceptors (Lipinski definition) is 6. The predicted octanol–water partition coefficient (Wildman–Crippen LogP) is 4.79. The maximum Gasteiger partial charge on any atom is 0.335 e. The molecule has 1 aliphatic rings. The first kappa shape index (κ1) is 25.2. The molecule has 5 rings (SSSR count). The molecular weight excluding hydrogens is 500 g/mol. The van der Waals surface area contributed by atoms with Crippen LogP contribution in [0.1, 0.15) is 21.5 Å². The van der Waals surface area contributed by atoms with E-state index in [-0.39, 0.29) is 16.8 Å². The van der Waals surface area contributed by atoms with E-state index in [1.54, 1.807) is 18.2 Å². The van der Waals surface area contributed by atoms with E-state index in [4.69, 9.17) is 14.6 Å². The molecule has 4 amide bonds. The summed E-state index contributed by atoms with van der Waals surface area (Å²) in [6.45, 7) is 0.302. The van der Waals surface area contributed by atoms with E-state index in [0.717, 1.165) is 21.2 Å². The zero-order chi connectivity index (χ0) is 27.5. The van der Waals surface area contributed by atoms with Crippen molar-refractivity contribution in [2.45, 2.75) is 6.61 Å². The van der Waals surface area contributed by atoms with Crippen LogP contribution in [0, 0.1) is 0 Å². The molecule has 0 saturated carbocycles. The molecule has 4 aromatic rings. The van der Waals surface area contributed by atoms with E-state index in [0.29, 0.717) is 23.7 Å². The second-order valence-electron chi connectivity index (χ2n) is 8.65. The molecule has 0 atom stereocenters. The molecule has 4 aromatic carbocycles. The van der Waals surface area contributed by atoms with Gasteiger partial charge in [0.25, 0.3) is 11.8 Å². The smallest absolute Gasteiger partial charge is 0.335 e. The summed E-state index contributed by atoms with van der Waals surface area (Å²) in [5.74, 6) is -1.97. The number of nitrogens with zero attached hydrogens (tertiary/aromatic N) is 1. The van der Waals surface area contributed by atoms with Crippen molar-refractivity contribution in [1.29, 1.82) is 0 Å². The molecule has 1 fully saturated rings. The molecule has 39 heavy (non-hydrogen) atoms. The van der Waals surface area contributed by atoms with Crippen molar-refractivity contribution < 1.29 is 33.8 Å². The normalized spacial score (nSPS) is 14.4.